The molecule has 0 bridgehead atoms. The van der Waals surface area contributed by atoms with Gasteiger partial charge in [0.1, 0.15) is 5.78 Å². The van der Waals surface area contributed by atoms with E-state index in [0.717, 1.165) is 19.4 Å². The number of rotatable bonds is 24. The van der Waals surface area contributed by atoms with Crippen molar-refractivity contribution in [2.24, 2.45) is 5.73 Å². The molecule has 0 aliphatic heterocycles. The van der Waals surface area contributed by atoms with Crippen molar-refractivity contribution in [3.05, 3.63) is 0 Å². The Labute approximate surface area is 244 Å². The van der Waals surface area contributed by atoms with Gasteiger partial charge in [-0.15, -0.1) is 0 Å². The number of hydrogen-bond acceptors (Lipinski definition) is 3. The van der Waals surface area contributed by atoms with Gasteiger partial charge >= 0.3 is 0 Å². The van der Waals surface area contributed by atoms with Gasteiger partial charge in [0.2, 0.25) is 4.69 Å². The topological polar surface area (TPSA) is 60.2 Å². The highest BCUT2D eigenvalue weighted by Gasteiger charge is 1.98. The van der Waals surface area contributed by atoms with Crippen LogP contribution in [0.1, 0.15) is 155 Å². The number of carbonyl (C=O) groups is 2. The van der Waals surface area contributed by atoms with Crippen LogP contribution in [0.2, 0.25) is 0 Å². The summed E-state index contributed by atoms with van der Waals surface area (Å²) in [5.41, 5.74) is 5.42. The fourth-order valence-corrected chi connectivity index (χ4v) is 3.97. The van der Waals surface area contributed by atoms with E-state index in [2.05, 4.69) is 61.6 Å². The van der Waals surface area contributed by atoms with E-state index in [1.54, 1.807) is 0 Å². The van der Waals surface area contributed by atoms with Crippen LogP contribution in [0.25, 0.3) is 0 Å². The predicted octanol–water partition coefficient (Wildman–Crippen LogP) is 10.8. The van der Waals surface area contributed by atoms with Crippen LogP contribution in [0.3, 0.4) is 0 Å². The SMILES string of the molecule is CCCCCCCCCCCCCC(=O)CBr.CCCCCCCCCCCCN.O=C(Br)CBr. The number of ketones is 1. The lowest BCUT2D eigenvalue weighted by molar-refractivity contribution is -0.116. The third kappa shape index (κ3) is 48.4. The molecule has 0 heterocycles. The minimum Gasteiger partial charge on any atom is -0.330 e. The van der Waals surface area contributed by atoms with Crippen LogP contribution >= 0.6 is 47.8 Å². The Morgan fingerprint density at radius 3 is 1.06 bits per heavy atom. The number of hydrogen-bond donors (Lipinski definition) is 1. The monoisotopic (exact) mass is 689 g/mol. The molecule has 0 radical (unpaired) electrons. The van der Waals surface area contributed by atoms with Crippen molar-refractivity contribution in [2.45, 2.75) is 155 Å². The molecule has 0 aromatic heterocycles. The molecule has 0 amide bonds. The molecule has 212 valence electrons. The van der Waals surface area contributed by atoms with Crippen molar-refractivity contribution in [3.8, 4) is 0 Å². The number of carbonyl (C=O) groups excluding carboxylic acids is 2. The van der Waals surface area contributed by atoms with Gasteiger partial charge in [-0.25, -0.2) is 0 Å². The summed E-state index contributed by atoms with van der Waals surface area (Å²) in [6.07, 6.45) is 29.5. The number of halogens is 3. The van der Waals surface area contributed by atoms with Gasteiger partial charge in [0.25, 0.3) is 0 Å². The molecule has 6 heteroatoms. The summed E-state index contributed by atoms with van der Waals surface area (Å²) in [5, 5.41) is 0.928. The molecule has 0 spiro atoms. The van der Waals surface area contributed by atoms with Gasteiger partial charge < -0.3 is 5.73 Å². The van der Waals surface area contributed by atoms with Gasteiger partial charge in [-0.3, -0.25) is 9.59 Å². The van der Waals surface area contributed by atoms with Gasteiger partial charge in [-0.2, -0.15) is 0 Å². The van der Waals surface area contributed by atoms with E-state index in [1.807, 2.05) is 0 Å². The molecular formula is C29H58Br3NO2. The molecule has 2 N–H and O–H groups in total. The van der Waals surface area contributed by atoms with Crippen LogP contribution in [0, 0.1) is 0 Å². The van der Waals surface area contributed by atoms with Gasteiger partial charge in [0, 0.05) is 6.42 Å². The molecule has 3 nitrogen and oxygen atoms in total. The molecule has 0 aliphatic rings. The van der Waals surface area contributed by atoms with Crippen molar-refractivity contribution in [1.29, 1.82) is 0 Å². The fraction of sp³-hybridized carbons (Fsp3) is 0.931. The van der Waals surface area contributed by atoms with Crippen molar-refractivity contribution >= 4 is 58.3 Å². The smallest absolute Gasteiger partial charge is 0.208 e. The Morgan fingerprint density at radius 1 is 0.514 bits per heavy atom. The molecule has 0 atom stereocenters. The number of nitrogens with two attached hydrogens (primary N) is 1. The van der Waals surface area contributed by atoms with E-state index < -0.39 is 0 Å². The van der Waals surface area contributed by atoms with Crippen LogP contribution in [0.5, 0.6) is 0 Å². The summed E-state index contributed by atoms with van der Waals surface area (Å²) in [6.45, 7) is 5.41. The largest absolute Gasteiger partial charge is 0.330 e. The molecule has 0 saturated heterocycles. The molecule has 0 rings (SSSR count). The first-order valence-corrected chi connectivity index (χ1v) is 17.6. The van der Waals surface area contributed by atoms with Gasteiger partial charge in [0.15, 0.2) is 0 Å². The summed E-state index contributed by atoms with van der Waals surface area (Å²) < 4.78 is -0.0162. The van der Waals surface area contributed by atoms with E-state index in [4.69, 9.17) is 5.73 Å². The maximum atomic E-state index is 11.0. The van der Waals surface area contributed by atoms with Crippen LogP contribution in [0.15, 0.2) is 0 Å². The molecule has 0 saturated carbocycles. The van der Waals surface area contributed by atoms with Crippen molar-refractivity contribution in [3.63, 3.8) is 0 Å². The van der Waals surface area contributed by atoms with Crippen LogP contribution in [-0.2, 0) is 9.59 Å². The standard InChI is InChI=1S/C15H29BrO.C12H27N.C2H2Br2O/c1-2-3-4-5-6-7-8-9-10-11-12-13-15(17)14-16;1-2-3-4-5-6-7-8-9-10-11-12-13;3-1-2(4)5/h2-14H2,1H3;2-13H2,1H3;1H2. The fourth-order valence-electron chi connectivity index (χ4n) is 3.68. The van der Waals surface area contributed by atoms with E-state index in [0.29, 0.717) is 16.4 Å². The van der Waals surface area contributed by atoms with Crippen molar-refractivity contribution < 1.29 is 9.59 Å². The number of unbranched alkanes of at least 4 members (excludes halogenated alkanes) is 19. The normalized spacial score (nSPS) is 10.2. The molecule has 0 fully saturated rings. The molecular weight excluding hydrogens is 634 g/mol. The minimum absolute atomic E-state index is 0.0162. The van der Waals surface area contributed by atoms with Crippen LogP contribution < -0.4 is 5.73 Å². The van der Waals surface area contributed by atoms with E-state index in [-0.39, 0.29) is 4.69 Å². The Morgan fingerprint density at radius 2 is 0.800 bits per heavy atom. The summed E-state index contributed by atoms with van der Waals surface area (Å²) in [7, 11) is 0. The lowest BCUT2D eigenvalue weighted by Crippen LogP contribution is -1.97. The highest BCUT2D eigenvalue weighted by atomic mass is 79.9. The second-order valence-corrected chi connectivity index (χ2v) is 11.4. The highest BCUT2D eigenvalue weighted by molar-refractivity contribution is 9.19. The molecule has 0 aromatic rings. The van der Waals surface area contributed by atoms with Crippen LogP contribution in [-0.4, -0.2) is 27.7 Å². The maximum absolute atomic E-state index is 11.0. The quantitative estimate of drug-likeness (QED) is 0.0622. The summed E-state index contributed by atoms with van der Waals surface area (Å²) >= 11 is 8.80. The Hall–Kier alpha value is 0.740. The maximum Gasteiger partial charge on any atom is 0.208 e. The zero-order valence-electron chi connectivity index (χ0n) is 23.2. The van der Waals surface area contributed by atoms with Gasteiger partial charge in [-0.05, 0) is 35.3 Å². The lowest BCUT2D eigenvalue weighted by Gasteiger charge is -2.02. The molecule has 35 heavy (non-hydrogen) atoms. The highest BCUT2D eigenvalue weighted by Crippen LogP contribution is 2.12. The van der Waals surface area contributed by atoms with Crippen molar-refractivity contribution in [2.75, 3.05) is 17.2 Å². The number of Topliss-reactive ketones (excluding diaryl/α,β-unsaturated/α-hetero) is 1. The van der Waals surface area contributed by atoms with Crippen molar-refractivity contribution in [1.82, 2.24) is 0 Å². The average molecular weight is 693 g/mol. The second-order valence-electron chi connectivity index (χ2n) is 9.42. The summed E-state index contributed by atoms with van der Waals surface area (Å²) in [4.78, 5) is 20.7. The van der Waals surface area contributed by atoms with Crippen LogP contribution in [0.4, 0.5) is 0 Å². The Bertz CT molecular complexity index is 399. The zero-order valence-corrected chi connectivity index (χ0v) is 28.0. The zero-order chi connectivity index (χ0) is 26.8. The first-order chi connectivity index (χ1) is 17.0. The third-order valence-corrected chi connectivity index (χ3v) is 8.04. The lowest BCUT2D eigenvalue weighted by atomic mass is 10.0. The van der Waals surface area contributed by atoms with Gasteiger partial charge in [-0.1, -0.05) is 168 Å². The first-order valence-electron chi connectivity index (χ1n) is 14.5. The Kier molecular flexibility index (Phi) is 45.1. The Balaban J connectivity index is -0.000000502. The average Bonchev–Trinajstić information content (AvgIpc) is 2.87. The second kappa shape index (κ2) is 39.3. The molecule has 0 aliphatic carbocycles. The van der Waals surface area contributed by atoms with Gasteiger partial charge in [0.05, 0.1) is 10.7 Å². The predicted molar refractivity (Wildman–Crippen MR) is 169 cm³/mol. The van der Waals surface area contributed by atoms with E-state index in [1.165, 1.54) is 128 Å². The summed E-state index contributed by atoms with van der Waals surface area (Å²) in [6, 6.07) is 0. The minimum atomic E-state index is -0.0162. The molecule has 0 aromatic carbocycles. The first kappa shape index (κ1) is 40.2. The molecule has 0 unspecified atom stereocenters. The van der Waals surface area contributed by atoms with E-state index in [9.17, 15) is 9.59 Å². The number of alkyl halides is 2. The summed E-state index contributed by atoms with van der Waals surface area (Å²) in [5.74, 6) is 0.348. The third-order valence-electron chi connectivity index (χ3n) is 5.87. The van der Waals surface area contributed by atoms with E-state index >= 15 is 0 Å².